The molecule has 0 unspecified atom stereocenters. The van der Waals surface area contributed by atoms with Crippen molar-refractivity contribution < 1.29 is 62.3 Å². The largest absolute Gasteiger partial charge is 2.00 e. The Morgan fingerprint density at radius 3 is 1.00 bits per heavy atom. The first-order valence-electron chi connectivity index (χ1n) is 0. The SMILES string of the molecule is O.[K+].[Mg+2].[O-2]. The van der Waals surface area contributed by atoms with Crippen LogP contribution in [0.3, 0.4) is 0 Å². The standard InChI is InChI=1S/K.Mg.H2O.O/h;;1H2;/q+1;+2;;-2. The van der Waals surface area contributed by atoms with Crippen LogP contribution >= 0.6 is 0 Å². The van der Waals surface area contributed by atoms with E-state index in [1.165, 1.54) is 0 Å². The fourth-order valence-electron chi connectivity index (χ4n) is 0. The van der Waals surface area contributed by atoms with E-state index in [2.05, 4.69) is 0 Å². The van der Waals surface area contributed by atoms with Crippen molar-refractivity contribution in [2.24, 2.45) is 0 Å². The second-order valence-electron chi connectivity index (χ2n) is 0. The first kappa shape index (κ1) is 33.2. The van der Waals surface area contributed by atoms with Gasteiger partial charge in [-0.15, -0.1) is 0 Å². The van der Waals surface area contributed by atoms with Gasteiger partial charge < -0.3 is 11.0 Å². The van der Waals surface area contributed by atoms with E-state index in [1.54, 1.807) is 0 Å². The summed E-state index contributed by atoms with van der Waals surface area (Å²) in [6.45, 7) is 0. The molecule has 4 heteroatoms. The third-order valence-corrected chi connectivity index (χ3v) is 0. The Balaban J connectivity index is 0. The Kier molecular flexibility index (Phi) is 153. The van der Waals surface area contributed by atoms with Crippen LogP contribution in [0.15, 0.2) is 0 Å². The van der Waals surface area contributed by atoms with Crippen LogP contribution < -0.4 is 51.4 Å². The second-order valence-corrected chi connectivity index (χ2v) is 0. The van der Waals surface area contributed by atoms with Crippen molar-refractivity contribution in [1.82, 2.24) is 0 Å². The summed E-state index contributed by atoms with van der Waals surface area (Å²) in [7, 11) is 0. The van der Waals surface area contributed by atoms with Crippen LogP contribution in [0.5, 0.6) is 0 Å². The minimum Gasteiger partial charge on any atom is -2.00 e. The van der Waals surface area contributed by atoms with Gasteiger partial charge in [0, 0.05) is 0 Å². The van der Waals surface area contributed by atoms with Crippen molar-refractivity contribution in [2.75, 3.05) is 0 Å². The van der Waals surface area contributed by atoms with Gasteiger partial charge in [-0.1, -0.05) is 0 Å². The van der Waals surface area contributed by atoms with Gasteiger partial charge in [0.2, 0.25) is 0 Å². The third kappa shape index (κ3) is 8.85. The molecule has 0 aromatic rings. The number of rotatable bonds is 0. The van der Waals surface area contributed by atoms with Gasteiger partial charge in [-0.2, -0.15) is 0 Å². The fourth-order valence-corrected chi connectivity index (χ4v) is 0. The van der Waals surface area contributed by atoms with Crippen LogP contribution in [0, 0.1) is 0 Å². The molecule has 0 amide bonds. The van der Waals surface area contributed by atoms with Gasteiger partial charge in [-0.25, -0.2) is 0 Å². The van der Waals surface area contributed by atoms with E-state index >= 15 is 0 Å². The molecule has 0 rings (SSSR count). The Labute approximate surface area is 83.5 Å². The van der Waals surface area contributed by atoms with Crippen molar-refractivity contribution in [2.45, 2.75) is 0 Å². The molecule has 0 radical (unpaired) electrons. The predicted molar refractivity (Wildman–Crippen MR) is 10.1 cm³/mol. The molecule has 0 aromatic heterocycles. The molecular weight excluding hydrogens is 95.4 g/mol. The molecule has 16 valence electrons. The van der Waals surface area contributed by atoms with Crippen LogP contribution in [0.4, 0.5) is 0 Å². The maximum Gasteiger partial charge on any atom is 2.00 e. The van der Waals surface area contributed by atoms with Gasteiger partial charge in [-0.05, 0) is 0 Å². The minimum atomic E-state index is 0. The zero-order chi connectivity index (χ0) is 0. The molecule has 0 aliphatic heterocycles. The summed E-state index contributed by atoms with van der Waals surface area (Å²) in [5.74, 6) is 0. The van der Waals surface area contributed by atoms with Crippen molar-refractivity contribution in [3.63, 3.8) is 0 Å². The summed E-state index contributed by atoms with van der Waals surface area (Å²) in [5, 5.41) is 0. The van der Waals surface area contributed by atoms with Crippen molar-refractivity contribution in [1.29, 1.82) is 0 Å². The normalized spacial score (nSPS) is 0. The second kappa shape index (κ2) is 18.4. The molecule has 0 fully saturated rings. The van der Waals surface area contributed by atoms with Gasteiger partial charge in [0.25, 0.3) is 0 Å². The molecular formula is H2KMgO2+. The Morgan fingerprint density at radius 2 is 1.00 bits per heavy atom. The van der Waals surface area contributed by atoms with Gasteiger partial charge in [0.15, 0.2) is 0 Å². The first-order chi connectivity index (χ1) is 0. The Hall–Kier alpha value is 2.32. The van der Waals surface area contributed by atoms with Gasteiger partial charge in [0.05, 0.1) is 0 Å². The summed E-state index contributed by atoms with van der Waals surface area (Å²) in [6, 6.07) is 0. The maximum atomic E-state index is 0. The molecule has 4 heavy (non-hydrogen) atoms. The van der Waals surface area contributed by atoms with Crippen molar-refractivity contribution in [3.05, 3.63) is 0 Å². The van der Waals surface area contributed by atoms with Crippen LogP contribution in [0.25, 0.3) is 0 Å². The monoisotopic (exact) mass is 97.0 g/mol. The van der Waals surface area contributed by atoms with E-state index in [1.807, 2.05) is 0 Å². The molecule has 0 aliphatic rings. The number of hydrogen-bond acceptors (Lipinski definition) is 0. The van der Waals surface area contributed by atoms with Crippen LogP contribution in [0.1, 0.15) is 0 Å². The molecule has 0 bridgehead atoms. The first-order valence-corrected chi connectivity index (χ1v) is 0. The van der Waals surface area contributed by atoms with E-state index in [0.29, 0.717) is 0 Å². The quantitative estimate of drug-likeness (QED) is 0.275. The Bertz CT molecular complexity index is 6.00. The molecule has 0 spiro atoms. The summed E-state index contributed by atoms with van der Waals surface area (Å²) < 4.78 is 0. The summed E-state index contributed by atoms with van der Waals surface area (Å²) in [5.41, 5.74) is 0. The van der Waals surface area contributed by atoms with Gasteiger partial charge >= 0.3 is 74.4 Å². The summed E-state index contributed by atoms with van der Waals surface area (Å²) in [6.07, 6.45) is 0. The van der Waals surface area contributed by atoms with Crippen LogP contribution in [0.2, 0.25) is 0 Å². The van der Waals surface area contributed by atoms with E-state index in [-0.39, 0.29) is 85.4 Å². The molecule has 0 saturated heterocycles. The van der Waals surface area contributed by atoms with E-state index < -0.39 is 0 Å². The maximum absolute atomic E-state index is 0. The molecule has 0 saturated carbocycles. The van der Waals surface area contributed by atoms with Crippen LogP contribution in [-0.4, -0.2) is 28.5 Å². The van der Waals surface area contributed by atoms with Crippen molar-refractivity contribution >= 4 is 23.1 Å². The van der Waals surface area contributed by atoms with E-state index in [9.17, 15) is 0 Å². The summed E-state index contributed by atoms with van der Waals surface area (Å²) >= 11 is 0. The molecule has 2 N–H and O–H groups in total. The average molecular weight is 97.4 g/mol. The molecule has 0 atom stereocenters. The number of hydrogen-bond donors (Lipinski definition) is 0. The van der Waals surface area contributed by atoms with Gasteiger partial charge in [0.1, 0.15) is 0 Å². The minimum absolute atomic E-state index is 0. The zero-order valence-electron chi connectivity index (χ0n) is 2.62. The average Bonchev–Trinajstić information content (AvgIpc) is 0. The van der Waals surface area contributed by atoms with Crippen molar-refractivity contribution in [3.8, 4) is 0 Å². The van der Waals surface area contributed by atoms with E-state index in [0.717, 1.165) is 0 Å². The topological polar surface area (TPSA) is 60.0 Å². The molecule has 0 aromatic carbocycles. The zero-order valence-corrected chi connectivity index (χ0v) is 7.15. The Morgan fingerprint density at radius 1 is 1.00 bits per heavy atom. The molecule has 0 aliphatic carbocycles. The molecule has 0 heterocycles. The third-order valence-electron chi connectivity index (χ3n) is 0. The summed E-state index contributed by atoms with van der Waals surface area (Å²) in [4.78, 5) is 0. The van der Waals surface area contributed by atoms with Gasteiger partial charge in [-0.3, -0.25) is 0 Å². The predicted octanol–water partition coefficient (Wildman–Crippen LogP) is -4.32. The van der Waals surface area contributed by atoms with E-state index in [4.69, 9.17) is 0 Å². The fraction of sp³-hybridized carbons (Fsp3) is 0. The smallest absolute Gasteiger partial charge is 2.00 e. The van der Waals surface area contributed by atoms with Crippen LogP contribution in [-0.2, 0) is 5.48 Å². The molecule has 2 nitrogen and oxygen atoms in total.